The number of nitrogens with one attached hydrogen (secondary N) is 2. The zero-order chi connectivity index (χ0) is 14.4. The van der Waals surface area contributed by atoms with Gasteiger partial charge >= 0.3 is 0 Å². The van der Waals surface area contributed by atoms with E-state index in [0.717, 1.165) is 12.0 Å². The summed E-state index contributed by atoms with van der Waals surface area (Å²) in [6.45, 7) is 6.42. The Hall–Kier alpha value is -0.770. The summed E-state index contributed by atoms with van der Waals surface area (Å²) in [6.07, 6.45) is 0.838. The number of carbonyl (C=O) groups excluding carboxylic acids is 1. The van der Waals surface area contributed by atoms with E-state index in [0.29, 0.717) is 16.6 Å². The third-order valence-corrected chi connectivity index (χ3v) is 3.50. The fourth-order valence-electron chi connectivity index (χ4n) is 1.92. The summed E-state index contributed by atoms with van der Waals surface area (Å²) in [5.74, 6) is -0.00830. The predicted octanol–water partition coefficient (Wildman–Crippen LogP) is 3.56. The molecule has 0 radical (unpaired) electrons. The highest BCUT2D eigenvalue weighted by molar-refractivity contribution is 6.35. The summed E-state index contributed by atoms with van der Waals surface area (Å²) in [4.78, 5) is 11.7. The van der Waals surface area contributed by atoms with Gasteiger partial charge in [-0.2, -0.15) is 0 Å². The van der Waals surface area contributed by atoms with Crippen molar-refractivity contribution in [2.45, 2.75) is 39.3 Å². The third-order valence-electron chi connectivity index (χ3n) is 2.94. The molecule has 0 bridgehead atoms. The van der Waals surface area contributed by atoms with Gasteiger partial charge < -0.3 is 5.32 Å². The number of hydrogen-bond acceptors (Lipinski definition) is 2. The first-order valence-electron chi connectivity index (χ1n) is 6.48. The van der Waals surface area contributed by atoms with Crippen molar-refractivity contribution < 1.29 is 4.79 Å². The van der Waals surface area contributed by atoms with Crippen molar-refractivity contribution >= 4 is 29.1 Å². The Morgan fingerprint density at radius 1 is 1.32 bits per heavy atom. The lowest BCUT2D eigenvalue weighted by Crippen LogP contribution is -2.43. The Kier molecular flexibility index (Phi) is 6.63. The van der Waals surface area contributed by atoms with Gasteiger partial charge in [-0.1, -0.05) is 36.2 Å². The van der Waals surface area contributed by atoms with E-state index in [1.807, 2.05) is 32.9 Å². The Morgan fingerprint density at radius 2 is 2.00 bits per heavy atom. The smallest absolute Gasteiger partial charge is 0.236 e. The summed E-state index contributed by atoms with van der Waals surface area (Å²) in [7, 11) is 0. The lowest BCUT2D eigenvalue weighted by Gasteiger charge is -2.23. The normalized spacial score (nSPS) is 13.9. The molecule has 0 aliphatic heterocycles. The van der Waals surface area contributed by atoms with Gasteiger partial charge in [-0.05, 0) is 38.0 Å². The topological polar surface area (TPSA) is 41.1 Å². The molecule has 1 amide bonds. The molecule has 5 heteroatoms. The molecule has 1 aromatic carbocycles. The zero-order valence-electron chi connectivity index (χ0n) is 11.5. The maximum atomic E-state index is 11.7. The molecule has 19 heavy (non-hydrogen) atoms. The van der Waals surface area contributed by atoms with Crippen molar-refractivity contribution in [1.29, 1.82) is 0 Å². The van der Waals surface area contributed by atoms with Crippen molar-refractivity contribution in [3.05, 3.63) is 33.8 Å². The molecule has 1 aromatic rings. The highest BCUT2D eigenvalue weighted by Gasteiger charge is 2.19. The number of halogens is 2. The second kappa shape index (κ2) is 7.73. The van der Waals surface area contributed by atoms with Gasteiger partial charge in [0.05, 0.1) is 6.04 Å². The lowest BCUT2D eigenvalue weighted by molar-refractivity contribution is -0.122. The Bertz CT molecular complexity index is 437. The molecule has 0 saturated heterocycles. The minimum atomic E-state index is -0.267. The minimum Gasteiger partial charge on any atom is -0.355 e. The number of carbonyl (C=O) groups is 1. The van der Waals surface area contributed by atoms with E-state index in [-0.39, 0.29) is 18.0 Å². The average Bonchev–Trinajstić information content (AvgIpc) is 2.36. The monoisotopic (exact) mass is 302 g/mol. The fourth-order valence-corrected chi connectivity index (χ4v) is 2.46. The van der Waals surface area contributed by atoms with Crippen LogP contribution in [0.25, 0.3) is 0 Å². The largest absolute Gasteiger partial charge is 0.355 e. The van der Waals surface area contributed by atoms with Crippen molar-refractivity contribution in [1.82, 2.24) is 10.6 Å². The molecule has 2 atom stereocenters. The van der Waals surface area contributed by atoms with Crippen molar-refractivity contribution in [2.75, 3.05) is 6.54 Å². The number of rotatable bonds is 6. The molecule has 2 N–H and O–H groups in total. The molecule has 1 rings (SSSR count). The van der Waals surface area contributed by atoms with Gasteiger partial charge in [0.2, 0.25) is 5.91 Å². The Balaban J connectivity index is 2.80. The van der Waals surface area contributed by atoms with Crippen molar-refractivity contribution in [3.63, 3.8) is 0 Å². The van der Waals surface area contributed by atoms with Gasteiger partial charge in [0, 0.05) is 22.6 Å². The fraction of sp³-hybridized carbons (Fsp3) is 0.500. The van der Waals surface area contributed by atoms with E-state index in [1.165, 1.54) is 0 Å². The second-order valence-corrected chi connectivity index (χ2v) is 5.25. The number of hydrogen-bond donors (Lipinski definition) is 2. The van der Waals surface area contributed by atoms with E-state index < -0.39 is 0 Å². The minimum absolute atomic E-state index is 0.00830. The van der Waals surface area contributed by atoms with Crippen LogP contribution in [0.2, 0.25) is 10.0 Å². The van der Waals surface area contributed by atoms with Gasteiger partial charge in [-0.3, -0.25) is 10.1 Å². The summed E-state index contributed by atoms with van der Waals surface area (Å²) < 4.78 is 0. The van der Waals surface area contributed by atoms with E-state index in [2.05, 4.69) is 10.6 Å². The molecule has 2 unspecified atom stereocenters. The van der Waals surface area contributed by atoms with Crippen LogP contribution in [-0.2, 0) is 4.79 Å². The van der Waals surface area contributed by atoms with Crippen LogP contribution in [0.15, 0.2) is 18.2 Å². The average molecular weight is 303 g/mol. The lowest BCUT2D eigenvalue weighted by atomic mass is 10.0. The maximum Gasteiger partial charge on any atom is 0.236 e. The van der Waals surface area contributed by atoms with Crippen LogP contribution in [-0.4, -0.2) is 18.5 Å². The Morgan fingerprint density at radius 3 is 2.53 bits per heavy atom. The molecular formula is C14H20Cl2N2O. The zero-order valence-corrected chi connectivity index (χ0v) is 13.0. The SMILES string of the molecule is CCNC(=O)C(C)NC(CC)c1ccc(Cl)cc1Cl. The van der Waals surface area contributed by atoms with Crippen LogP contribution in [0.1, 0.15) is 38.8 Å². The van der Waals surface area contributed by atoms with Crippen LogP contribution >= 0.6 is 23.2 Å². The van der Waals surface area contributed by atoms with Crippen LogP contribution in [0.5, 0.6) is 0 Å². The molecule has 3 nitrogen and oxygen atoms in total. The van der Waals surface area contributed by atoms with Gasteiger partial charge in [0.25, 0.3) is 0 Å². The van der Waals surface area contributed by atoms with Gasteiger partial charge in [0.15, 0.2) is 0 Å². The molecule has 0 fully saturated rings. The highest BCUT2D eigenvalue weighted by Crippen LogP contribution is 2.28. The van der Waals surface area contributed by atoms with Crippen LogP contribution in [0.3, 0.4) is 0 Å². The molecule has 0 spiro atoms. The van der Waals surface area contributed by atoms with E-state index in [9.17, 15) is 4.79 Å². The molecule has 0 saturated carbocycles. The second-order valence-electron chi connectivity index (χ2n) is 4.41. The summed E-state index contributed by atoms with van der Waals surface area (Å²) in [5, 5.41) is 7.31. The molecule has 0 aromatic heterocycles. The summed E-state index contributed by atoms with van der Waals surface area (Å²) in [5.41, 5.74) is 0.963. The number of likely N-dealkylation sites (N-methyl/N-ethyl adjacent to an activating group) is 1. The molecule has 0 heterocycles. The first-order valence-corrected chi connectivity index (χ1v) is 7.23. The van der Waals surface area contributed by atoms with Crippen molar-refractivity contribution in [2.24, 2.45) is 0 Å². The molecule has 0 aliphatic rings. The van der Waals surface area contributed by atoms with Crippen molar-refractivity contribution in [3.8, 4) is 0 Å². The molecule has 106 valence electrons. The Labute approximate surface area is 124 Å². The van der Waals surface area contributed by atoms with Crippen LogP contribution in [0.4, 0.5) is 0 Å². The van der Waals surface area contributed by atoms with Crippen LogP contribution in [0, 0.1) is 0 Å². The summed E-state index contributed by atoms with van der Waals surface area (Å²) in [6, 6.07) is 5.19. The van der Waals surface area contributed by atoms with Crippen LogP contribution < -0.4 is 10.6 Å². The van der Waals surface area contributed by atoms with Gasteiger partial charge in [-0.25, -0.2) is 0 Å². The van der Waals surface area contributed by atoms with E-state index in [4.69, 9.17) is 23.2 Å². The first-order chi connectivity index (χ1) is 8.99. The van der Waals surface area contributed by atoms with Gasteiger partial charge in [-0.15, -0.1) is 0 Å². The van der Waals surface area contributed by atoms with E-state index in [1.54, 1.807) is 6.07 Å². The highest BCUT2D eigenvalue weighted by atomic mass is 35.5. The van der Waals surface area contributed by atoms with E-state index >= 15 is 0 Å². The molecule has 0 aliphatic carbocycles. The predicted molar refractivity (Wildman–Crippen MR) is 80.8 cm³/mol. The standard InChI is InChI=1S/C14H20Cl2N2O/c1-4-13(18-9(3)14(19)17-5-2)11-7-6-10(15)8-12(11)16/h6-9,13,18H,4-5H2,1-3H3,(H,17,19). The third kappa shape index (κ3) is 4.68. The van der Waals surface area contributed by atoms with Gasteiger partial charge in [0.1, 0.15) is 0 Å². The maximum absolute atomic E-state index is 11.7. The number of amides is 1. The number of benzene rings is 1. The summed E-state index contributed by atoms with van der Waals surface area (Å²) >= 11 is 12.1. The first kappa shape index (κ1) is 16.3. The quantitative estimate of drug-likeness (QED) is 0.843. The molecular weight excluding hydrogens is 283 g/mol.